The van der Waals surface area contributed by atoms with Gasteiger partial charge < -0.3 is 14.4 Å². The number of imidazole rings is 1. The van der Waals surface area contributed by atoms with Crippen molar-refractivity contribution in [3.63, 3.8) is 0 Å². The van der Waals surface area contributed by atoms with Crippen molar-refractivity contribution in [3.8, 4) is 0 Å². The Labute approximate surface area is 160 Å². The molecule has 2 aromatic carbocycles. The zero-order chi connectivity index (χ0) is 18.8. The van der Waals surface area contributed by atoms with E-state index in [1.165, 1.54) is 16.8 Å². The van der Waals surface area contributed by atoms with Crippen molar-refractivity contribution >= 4 is 22.6 Å². The molecule has 140 valence electrons. The first-order chi connectivity index (χ1) is 13.1. The highest BCUT2D eigenvalue weighted by molar-refractivity contribution is 5.78. The van der Waals surface area contributed by atoms with Gasteiger partial charge >= 0.3 is 0 Å². The molecule has 27 heavy (non-hydrogen) atoms. The smallest absolute Gasteiger partial charge is 0.224 e. The third kappa shape index (κ3) is 3.54. The quantitative estimate of drug-likeness (QED) is 0.714. The second kappa shape index (κ2) is 7.43. The summed E-state index contributed by atoms with van der Waals surface area (Å²) in [6, 6.07) is 14.5. The van der Waals surface area contributed by atoms with Crippen LogP contribution in [0.1, 0.15) is 17.5 Å². The van der Waals surface area contributed by atoms with Gasteiger partial charge in [-0.15, -0.1) is 0 Å². The highest BCUT2D eigenvalue weighted by Crippen LogP contribution is 2.24. The molecule has 0 saturated carbocycles. The summed E-state index contributed by atoms with van der Waals surface area (Å²) in [5.74, 6) is 0.230. The Kier molecular flexibility index (Phi) is 4.84. The van der Waals surface area contributed by atoms with E-state index < -0.39 is 0 Å². The number of nitrogens with zero attached hydrogens (tertiary/aromatic N) is 4. The van der Waals surface area contributed by atoms with E-state index in [4.69, 9.17) is 0 Å². The van der Waals surface area contributed by atoms with Crippen LogP contribution in [0.4, 0.5) is 5.69 Å². The van der Waals surface area contributed by atoms with Crippen LogP contribution in [-0.2, 0) is 11.3 Å². The molecule has 0 spiro atoms. The molecule has 0 atom stereocenters. The lowest BCUT2D eigenvalue weighted by Crippen LogP contribution is -2.49. The van der Waals surface area contributed by atoms with Crippen LogP contribution in [0.15, 0.2) is 48.8 Å². The first kappa shape index (κ1) is 17.6. The highest BCUT2D eigenvalue weighted by atomic mass is 16.2. The molecular formula is C22H26N4O. The van der Waals surface area contributed by atoms with Crippen LogP contribution in [0.2, 0.25) is 0 Å². The largest absolute Gasteiger partial charge is 0.368 e. The Morgan fingerprint density at radius 2 is 1.78 bits per heavy atom. The fraction of sp³-hybridized carbons (Fsp3) is 0.364. The number of para-hydroxylation sites is 2. The van der Waals surface area contributed by atoms with Crippen molar-refractivity contribution < 1.29 is 4.79 Å². The minimum atomic E-state index is 0.230. The van der Waals surface area contributed by atoms with Gasteiger partial charge in [-0.25, -0.2) is 4.98 Å². The van der Waals surface area contributed by atoms with Crippen molar-refractivity contribution in [1.29, 1.82) is 0 Å². The maximum atomic E-state index is 12.7. The van der Waals surface area contributed by atoms with E-state index in [1.54, 1.807) is 0 Å². The van der Waals surface area contributed by atoms with E-state index in [0.29, 0.717) is 13.0 Å². The second-order valence-electron chi connectivity index (χ2n) is 7.26. The molecule has 5 nitrogen and oxygen atoms in total. The number of carbonyl (C=O) groups is 1. The van der Waals surface area contributed by atoms with Crippen molar-refractivity contribution in [2.75, 3.05) is 31.1 Å². The maximum absolute atomic E-state index is 12.7. The van der Waals surface area contributed by atoms with Gasteiger partial charge in [0.1, 0.15) is 0 Å². The molecule has 5 heteroatoms. The molecule has 1 aliphatic heterocycles. The minimum absolute atomic E-state index is 0.230. The van der Waals surface area contributed by atoms with Gasteiger partial charge in [-0.05, 0) is 43.2 Å². The summed E-state index contributed by atoms with van der Waals surface area (Å²) in [6.07, 6.45) is 2.35. The summed E-state index contributed by atoms with van der Waals surface area (Å²) < 4.78 is 2.07. The molecule has 0 N–H and O–H groups in total. The van der Waals surface area contributed by atoms with Gasteiger partial charge in [-0.3, -0.25) is 4.79 Å². The Balaban J connectivity index is 1.34. The molecule has 0 aliphatic carbocycles. The zero-order valence-corrected chi connectivity index (χ0v) is 16.1. The van der Waals surface area contributed by atoms with Crippen LogP contribution in [-0.4, -0.2) is 46.5 Å². The fourth-order valence-corrected chi connectivity index (χ4v) is 3.84. The van der Waals surface area contributed by atoms with Gasteiger partial charge in [0, 0.05) is 44.8 Å². The standard InChI is InChI=1S/C22H26N4O/c1-17-6-5-9-20(18(17)2)24-12-14-25(15-13-24)22(27)10-11-26-16-23-19-7-3-4-8-21(19)26/h3-9,16H,10-15H2,1-2H3. The highest BCUT2D eigenvalue weighted by Gasteiger charge is 2.22. The third-order valence-electron chi connectivity index (χ3n) is 5.64. The maximum Gasteiger partial charge on any atom is 0.224 e. The molecule has 1 aromatic heterocycles. The molecule has 1 aliphatic rings. The SMILES string of the molecule is Cc1cccc(N2CCN(C(=O)CCn3cnc4ccccc43)CC2)c1C. The second-order valence-corrected chi connectivity index (χ2v) is 7.26. The molecule has 1 amide bonds. The predicted octanol–water partition coefficient (Wildman–Crippen LogP) is 3.39. The number of aromatic nitrogens is 2. The average Bonchev–Trinajstić information content (AvgIpc) is 3.12. The zero-order valence-electron chi connectivity index (χ0n) is 16.1. The van der Waals surface area contributed by atoms with E-state index >= 15 is 0 Å². The van der Waals surface area contributed by atoms with E-state index in [0.717, 1.165) is 37.2 Å². The first-order valence-electron chi connectivity index (χ1n) is 9.62. The van der Waals surface area contributed by atoms with Gasteiger partial charge in [0.25, 0.3) is 0 Å². The summed E-state index contributed by atoms with van der Waals surface area (Å²) in [6.45, 7) is 8.37. The number of amides is 1. The number of fused-ring (bicyclic) bond motifs is 1. The normalized spacial score (nSPS) is 14.7. The number of rotatable bonds is 4. The summed E-state index contributed by atoms with van der Waals surface area (Å²) in [4.78, 5) is 21.5. The van der Waals surface area contributed by atoms with Crippen LogP contribution in [0, 0.1) is 13.8 Å². The number of carbonyl (C=O) groups excluding carboxylic acids is 1. The van der Waals surface area contributed by atoms with Crippen molar-refractivity contribution in [2.45, 2.75) is 26.8 Å². The topological polar surface area (TPSA) is 41.4 Å². The lowest BCUT2D eigenvalue weighted by Gasteiger charge is -2.37. The molecule has 3 aromatic rings. The summed E-state index contributed by atoms with van der Waals surface area (Å²) in [5.41, 5.74) is 6.02. The van der Waals surface area contributed by atoms with Crippen LogP contribution < -0.4 is 4.90 Å². The van der Waals surface area contributed by atoms with Crippen LogP contribution in [0.5, 0.6) is 0 Å². The number of benzene rings is 2. The minimum Gasteiger partial charge on any atom is -0.368 e. The molecule has 4 rings (SSSR count). The van der Waals surface area contributed by atoms with Crippen molar-refractivity contribution in [2.24, 2.45) is 0 Å². The number of hydrogen-bond donors (Lipinski definition) is 0. The monoisotopic (exact) mass is 362 g/mol. The van der Waals surface area contributed by atoms with Gasteiger partial charge in [0.15, 0.2) is 0 Å². The predicted molar refractivity (Wildman–Crippen MR) is 109 cm³/mol. The molecule has 1 fully saturated rings. The lowest BCUT2D eigenvalue weighted by atomic mass is 10.1. The van der Waals surface area contributed by atoms with Crippen molar-refractivity contribution in [3.05, 3.63) is 59.9 Å². The van der Waals surface area contributed by atoms with Gasteiger partial charge in [0.2, 0.25) is 5.91 Å². The number of hydrogen-bond acceptors (Lipinski definition) is 3. The van der Waals surface area contributed by atoms with Crippen LogP contribution in [0.3, 0.4) is 0 Å². The van der Waals surface area contributed by atoms with E-state index in [2.05, 4.69) is 52.6 Å². The Morgan fingerprint density at radius 3 is 2.59 bits per heavy atom. The van der Waals surface area contributed by atoms with Gasteiger partial charge in [-0.2, -0.15) is 0 Å². The molecule has 0 radical (unpaired) electrons. The van der Waals surface area contributed by atoms with E-state index in [9.17, 15) is 4.79 Å². The van der Waals surface area contributed by atoms with E-state index in [1.807, 2.05) is 29.4 Å². The Morgan fingerprint density at radius 1 is 1.00 bits per heavy atom. The molecular weight excluding hydrogens is 336 g/mol. The third-order valence-corrected chi connectivity index (χ3v) is 5.64. The average molecular weight is 362 g/mol. The number of anilines is 1. The number of aryl methyl sites for hydroxylation is 2. The number of piperazine rings is 1. The Hall–Kier alpha value is -2.82. The van der Waals surface area contributed by atoms with Crippen LogP contribution in [0.25, 0.3) is 11.0 Å². The first-order valence-corrected chi connectivity index (χ1v) is 9.62. The van der Waals surface area contributed by atoms with Gasteiger partial charge in [-0.1, -0.05) is 24.3 Å². The molecule has 0 unspecified atom stereocenters. The molecule has 0 bridgehead atoms. The molecule has 1 saturated heterocycles. The van der Waals surface area contributed by atoms with Gasteiger partial charge in [0.05, 0.1) is 17.4 Å². The fourth-order valence-electron chi connectivity index (χ4n) is 3.84. The van der Waals surface area contributed by atoms with Crippen LogP contribution >= 0.6 is 0 Å². The summed E-state index contributed by atoms with van der Waals surface area (Å²) in [7, 11) is 0. The summed E-state index contributed by atoms with van der Waals surface area (Å²) in [5, 5.41) is 0. The van der Waals surface area contributed by atoms with E-state index in [-0.39, 0.29) is 5.91 Å². The summed E-state index contributed by atoms with van der Waals surface area (Å²) >= 11 is 0. The lowest BCUT2D eigenvalue weighted by molar-refractivity contribution is -0.131. The molecule has 2 heterocycles. The Bertz CT molecular complexity index is 954. The van der Waals surface area contributed by atoms with Crippen molar-refractivity contribution in [1.82, 2.24) is 14.5 Å².